The number of anilines is 3. The highest BCUT2D eigenvalue weighted by Gasteiger charge is 2.29. The molecule has 2 aromatic carbocycles. The normalized spacial score (nSPS) is 16.6. The standard InChI is InChI=1S/C26H30N6O2/c1-18-17-31(14-15-32(18)26(34)29-19(2)20-8-4-3-5-9-20)24-13-12-21(16-28-24)25(33)30-23-11-7-6-10-22(23)27/h3-13,16,18-19H,14-15,17,27H2,1-2H3,(H,29,34)(H,30,33)/t18-,19-/m0/s1. The third kappa shape index (κ3) is 5.28. The highest BCUT2D eigenvalue weighted by Crippen LogP contribution is 2.21. The van der Waals surface area contributed by atoms with Gasteiger partial charge in [-0.25, -0.2) is 9.78 Å². The second-order valence-corrected chi connectivity index (χ2v) is 8.52. The number of amides is 3. The van der Waals surface area contributed by atoms with Gasteiger partial charge in [-0.3, -0.25) is 4.79 Å². The third-order valence-electron chi connectivity index (χ3n) is 6.07. The fraction of sp³-hybridized carbons (Fsp3) is 0.269. The molecule has 1 aromatic heterocycles. The number of hydrogen-bond acceptors (Lipinski definition) is 5. The second-order valence-electron chi connectivity index (χ2n) is 8.52. The molecule has 0 spiro atoms. The summed E-state index contributed by atoms with van der Waals surface area (Å²) in [5.41, 5.74) is 8.51. The monoisotopic (exact) mass is 458 g/mol. The number of pyridine rings is 1. The predicted molar refractivity (Wildman–Crippen MR) is 135 cm³/mol. The predicted octanol–water partition coefficient (Wildman–Crippen LogP) is 3.90. The Morgan fingerprint density at radius 3 is 2.44 bits per heavy atom. The lowest BCUT2D eigenvalue weighted by Crippen LogP contribution is -2.57. The van der Waals surface area contributed by atoms with Crippen molar-refractivity contribution in [2.75, 3.05) is 35.6 Å². The fourth-order valence-electron chi connectivity index (χ4n) is 4.07. The molecule has 4 N–H and O–H groups in total. The molecule has 0 saturated carbocycles. The van der Waals surface area contributed by atoms with Gasteiger partial charge in [-0.15, -0.1) is 0 Å². The molecule has 4 rings (SSSR count). The molecule has 0 aliphatic carbocycles. The third-order valence-corrected chi connectivity index (χ3v) is 6.07. The maximum absolute atomic E-state index is 12.9. The summed E-state index contributed by atoms with van der Waals surface area (Å²) in [7, 11) is 0. The van der Waals surface area contributed by atoms with Crippen LogP contribution in [0.15, 0.2) is 72.9 Å². The topological polar surface area (TPSA) is 104 Å². The minimum absolute atomic E-state index is 0.0163. The largest absolute Gasteiger partial charge is 0.397 e. The maximum Gasteiger partial charge on any atom is 0.318 e. The molecule has 1 aliphatic rings. The van der Waals surface area contributed by atoms with Crippen molar-refractivity contribution in [3.8, 4) is 0 Å². The highest BCUT2D eigenvalue weighted by molar-refractivity contribution is 6.05. The number of rotatable bonds is 5. The van der Waals surface area contributed by atoms with Crippen LogP contribution in [0.4, 0.5) is 22.0 Å². The number of nitrogens with two attached hydrogens (primary N) is 1. The number of carbonyl (C=O) groups is 2. The van der Waals surface area contributed by atoms with E-state index in [0.717, 1.165) is 11.4 Å². The van der Waals surface area contributed by atoms with E-state index in [0.29, 0.717) is 36.6 Å². The van der Waals surface area contributed by atoms with Crippen LogP contribution in [-0.4, -0.2) is 47.5 Å². The maximum atomic E-state index is 12.9. The van der Waals surface area contributed by atoms with Crippen molar-refractivity contribution >= 4 is 29.1 Å². The fourth-order valence-corrected chi connectivity index (χ4v) is 4.07. The molecular formula is C26H30N6O2. The van der Waals surface area contributed by atoms with E-state index >= 15 is 0 Å². The van der Waals surface area contributed by atoms with E-state index in [4.69, 9.17) is 5.73 Å². The number of hydrogen-bond donors (Lipinski definition) is 3. The van der Waals surface area contributed by atoms with Gasteiger partial charge in [-0.05, 0) is 43.7 Å². The Morgan fingerprint density at radius 2 is 1.76 bits per heavy atom. The van der Waals surface area contributed by atoms with Gasteiger partial charge in [-0.2, -0.15) is 0 Å². The summed E-state index contributed by atoms with van der Waals surface area (Å²) in [6, 6.07) is 20.5. The van der Waals surface area contributed by atoms with Crippen molar-refractivity contribution in [2.24, 2.45) is 0 Å². The van der Waals surface area contributed by atoms with Crippen molar-refractivity contribution in [1.82, 2.24) is 15.2 Å². The Kier molecular flexibility index (Phi) is 6.96. The highest BCUT2D eigenvalue weighted by atomic mass is 16.2. The second kappa shape index (κ2) is 10.2. The molecule has 2 heterocycles. The van der Waals surface area contributed by atoms with Gasteiger partial charge in [0, 0.05) is 31.9 Å². The van der Waals surface area contributed by atoms with E-state index in [9.17, 15) is 9.59 Å². The van der Waals surface area contributed by atoms with Gasteiger partial charge >= 0.3 is 6.03 Å². The summed E-state index contributed by atoms with van der Waals surface area (Å²) in [4.78, 5) is 33.9. The van der Waals surface area contributed by atoms with E-state index in [1.54, 1.807) is 24.4 Å². The number of urea groups is 1. The number of para-hydroxylation sites is 2. The SMILES string of the molecule is C[C@H](NC(=O)N1CCN(c2ccc(C(=O)Nc3ccccc3N)cn2)C[C@@H]1C)c1ccccc1. The first-order valence-electron chi connectivity index (χ1n) is 11.4. The van der Waals surface area contributed by atoms with E-state index in [1.807, 2.05) is 67.3 Å². The summed E-state index contributed by atoms with van der Waals surface area (Å²) >= 11 is 0. The molecule has 2 atom stereocenters. The lowest BCUT2D eigenvalue weighted by molar-refractivity contribution is 0.102. The number of aromatic nitrogens is 1. The average Bonchev–Trinajstić information content (AvgIpc) is 2.86. The summed E-state index contributed by atoms with van der Waals surface area (Å²) in [6.45, 7) is 5.93. The van der Waals surface area contributed by atoms with Crippen molar-refractivity contribution in [1.29, 1.82) is 0 Å². The number of nitrogens with zero attached hydrogens (tertiary/aromatic N) is 3. The van der Waals surface area contributed by atoms with Gasteiger partial charge in [0.15, 0.2) is 0 Å². The van der Waals surface area contributed by atoms with Crippen molar-refractivity contribution in [3.63, 3.8) is 0 Å². The summed E-state index contributed by atoms with van der Waals surface area (Å²) in [6.07, 6.45) is 1.56. The Hall–Kier alpha value is -4.07. The molecule has 1 aliphatic heterocycles. The zero-order valence-electron chi connectivity index (χ0n) is 19.4. The first kappa shape index (κ1) is 23.1. The molecule has 0 bridgehead atoms. The lowest BCUT2D eigenvalue weighted by Gasteiger charge is -2.40. The van der Waals surface area contributed by atoms with Gasteiger partial charge in [-0.1, -0.05) is 42.5 Å². The minimum atomic E-state index is -0.264. The number of nitrogens with one attached hydrogen (secondary N) is 2. The summed E-state index contributed by atoms with van der Waals surface area (Å²) in [5, 5.41) is 5.90. The van der Waals surface area contributed by atoms with E-state index in [1.165, 1.54) is 0 Å². The number of nitrogen functional groups attached to an aromatic ring is 1. The van der Waals surface area contributed by atoms with Crippen LogP contribution in [0, 0.1) is 0 Å². The Morgan fingerprint density at radius 1 is 1.03 bits per heavy atom. The smallest absolute Gasteiger partial charge is 0.318 e. The summed E-state index contributed by atoms with van der Waals surface area (Å²) < 4.78 is 0. The number of benzene rings is 2. The van der Waals surface area contributed by atoms with Gasteiger partial charge in [0.2, 0.25) is 0 Å². The molecule has 0 radical (unpaired) electrons. The Bertz CT molecular complexity index is 1140. The van der Waals surface area contributed by atoms with E-state index in [2.05, 4.69) is 20.5 Å². The molecule has 3 aromatic rings. The van der Waals surface area contributed by atoms with Gasteiger partial charge in [0.05, 0.1) is 23.0 Å². The van der Waals surface area contributed by atoms with Crippen molar-refractivity contribution < 1.29 is 9.59 Å². The van der Waals surface area contributed by atoms with Gasteiger partial charge in [0.25, 0.3) is 5.91 Å². The molecule has 1 fully saturated rings. The van der Waals surface area contributed by atoms with Crippen LogP contribution in [0.3, 0.4) is 0 Å². The van der Waals surface area contributed by atoms with Crippen LogP contribution >= 0.6 is 0 Å². The number of carbonyl (C=O) groups excluding carboxylic acids is 2. The lowest BCUT2D eigenvalue weighted by atomic mass is 10.1. The van der Waals surface area contributed by atoms with Crippen molar-refractivity contribution in [2.45, 2.75) is 25.9 Å². The minimum Gasteiger partial charge on any atom is -0.397 e. The van der Waals surface area contributed by atoms with Crippen LogP contribution in [0.1, 0.15) is 35.8 Å². The van der Waals surface area contributed by atoms with E-state index in [-0.39, 0.29) is 24.0 Å². The zero-order chi connectivity index (χ0) is 24.1. The quantitative estimate of drug-likeness (QED) is 0.503. The van der Waals surface area contributed by atoms with Crippen LogP contribution in [0.5, 0.6) is 0 Å². The molecule has 3 amide bonds. The Balaban J connectivity index is 1.33. The van der Waals surface area contributed by atoms with E-state index < -0.39 is 0 Å². The molecule has 34 heavy (non-hydrogen) atoms. The molecule has 8 heteroatoms. The molecule has 8 nitrogen and oxygen atoms in total. The van der Waals surface area contributed by atoms with Gasteiger partial charge < -0.3 is 26.2 Å². The zero-order valence-corrected chi connectivity index (χ0v) is 19.4. The average molecular weight is 459 g/mol. The van der Waals surface area contributed by atoms with Crippen LogP contribution < -0.4 is 21.3 Å². The first-order valence-corrected chi connectivity index (χ1v) is 11.4. The molecular weight excluding hydrogens is 428 g/mol. The summed E-state index contributed by atoms with van der Waals surface area (Å²) in [5.74, 6) is 0.514. The van der Waals surface area contributed by atoms with Crippen LogP contribution in [0.2, 0.25) is 0 Å². The number of piperazine rings is 1. The Labute approximate surface area is 199 Å². The van der Waals surface area contributed by atoms with Crippen LogP contribution in [-0.2, 0) is 0 Å². The molecule has 176 valence electrons. The molecule has 1 saturated heterocycles. The first-order chi connectivity index (χ1) is 16.4. The molecule has 0 unspecified atom stereocenters. The van der Waals surface area contributed by atoms with Crippen molar-refractivity contribution in [3.05, 3.63) is 84.1 Å². The van der Waals surface area contributed by atoms with Gasteiger partial charge in [0.1, 0.15) is 5.82 Å². The van der Waals surface area contributed by atoms with Crippen LogP contribution in [0.25, 0.3) is 0 Å².